The molecule has 0 atom stereocenters. The average Bonchev–Trinajstić information content (AvgIpc) is 2.43. The molecule has 2 aromatic rings. The maximum absolute atomic E-state index is 5.95. The van der Waals surface area contributed by atoms with Crippen LogP contribution in [-0.4, -0.2) is 6.54 Å². The summed E-state index contributed by atoms with van der Waals surface area (Å²) in [6, 6.07) is 16.1. The molecular formula is C16H17Cl2N. The van der Waals surface area contributed by atoms with Gasteiger partial charge < -0.3 is 5.32 Å². The number of rotatable bonds is 5. The highest BCUT2D eigenvalue weighted by atomic mass is 35.5. The molecule has 0 saturated carbocycles. The summed E-state index contributed by atoms with van der Waals surface area (Å²) in [5.41, 5.74) is 2.42. The molecule has 19 heavy (non-hydrogen) atoms. The van der Waals surface area contributed by atoms with Crippen molar-refractivity contribution in [3.63, 3.8) is 0 Å². The second-order valence-corrected chi connectivity index (χ2v) is 5.36. The van der Waals surface area contributed by atoms with Gasteiger partial charge in [-0.1, -0.05) is 54.4 Å². The van der Waals surface area contributed by atoms with Gasteiger partial charge >= 0.3 is 0 Å². The molecule has 0 radical (unpaired) electrons. The highest BCUT2D eigenvalue weighted by Crippen LogP contribution is 2.24. The van der Waals surface area contributed by atoms with Crippen LogP contribution in [0.1, 0.15) is 30.5 Å². The smallest absolute Gasteiger partial charge is 0.0576 e. The van der Waals surface area contributed by atoms with Crippen LogP contribution in [-0.2, 0) is 0 Å². The molecule has 0 bridgehead atoms. The summed E-state index contributed by atoms with van der Waals surface area (Å²) in [4.78, 5) is 0. The van der Waals surface area contributed by atoms with E-state index < -0.39 is 0 Å². The van der Waals surface area contributed by atoms with Gasteiger partial charge in [-0.25, -0.2) is 0 Å². The Bertz CT molecular complexity index is 460. The van der Waals surface area contributed by atoms with Crippen LogP contribution in [0.25, 0.3) is 0 Å². The van der Waals surface area contributed by atoms with E-state index in [-0.39, 0.29) is 6.04 Å². The average molecular weight is 294 g/mol. The van der Waals surface area contributed by atoms with Crippen molar-refractivity contribution >= 4 is 23.2 Å². The molecule has 3 heteroatoms. The summed E-state index contributed by atoms with van der Waals surface area (Å²) >= 11 is 11.9. The zero-order valence-corrected chi connectivity index (χ0v) is 12.4. The molecule has 0 amide bonds. The van der Waals surface area contributed by atoms with Crippen molar-refractivity contribution < 1.29 is 0 Å². The minimum Gasteiger partial charge on any atom is -0.306 e. The summed E-state index contributed by atoms with van der Waals surface area (Å²) in [7, 11) is 0. The third kappa shape index (κ3) is 3.97. The van der Waals surface area contributed by atoms with Crippen molar-refractivity contribution in [3.05, 3.63) is 69.7 Å². The normalized spacial score (nSPS) is 10.9. The van der Waals surface area contributed by atoms with Gasteiger partial charge in [0.1, 0.15) is 0 Å². The van der Waals surface area contributed by atoms with E-state index in [4.69, 9.17) is 23.2 Å². The van der Waals surface area contributed by atoms with Crippen LogP contribution >= 0.6 is 23.2 Å². The van der Waals surface area contributed by atoms with Gasteiger partial charge in [-0.2, -0.15) is 0 Å². The van der Waals surface area contributed by atoms with Crippen molar-refractivity contribution in [2.45, 2.75) is 19.4 Å². The molecule has 0 aliphatic heterocycles. The van der Waals surface area contributed by atoms with Crippen LogP contribution < -0.4 is 5.32 Å². The lowest BCUT2D eigenvalue weighted by Gasteiger charge is -2.19. The second-order valence-electron chi connectivity index (χ2n) is 4.49. The van der Waals surface area contributed by atoms with Crippen LogP contribution in [0.4, 0.5) is 0 Å². The number of nitrogens with one attached hydrogen (secondary N) is 1. The van der Waals surface area contributed by atoms with Crippen molar-refractivity contribution in [2.75, 3.05) is 6.54 Å². The van der Waals surface area contributed by atoms with Crippen LogP contribution in [0.5, 0.6) is 0 Å². The zero-order chi connectivity index (χ0) is 13.7. The van der Waals surface area contributed by atoms with Gasteiger partial charge in [0.2, 0.25) is 0 Å². The summed E-state index contributed by atoms with van der Waals surface area (Å²) in [6.07, 6.45) is 1.09. The van der Waals surface area contributed by atoms with Crippen molar-refractivity contribution in [1.29, 1.82) is 0 Å². The minimum atomic E-state index is 0.175. The molecule has 0 unspecified atom stereocenters. The third-order valence-corrected chi connectivity index (χ3v) is 3.51. The van der Waals surface area contributed by atoms with Crippen LogP contribution in [0, 0.1) is 0 Å². The molecule has 2 rings (SSSR count). The molecular weight excluding hydrogens is 277 g/mol. The molecule has 100 valence electrons. The molecule has 0 aromatic heterocycles. The van der Waals surface area contributed by atoms with E-state index in [1.54, 1.807) is 0 Å². The highest BCUT2D eigenvalue weighted by molar-refractivity contribution is 6.30. The monoisotopic (exact) mass is 293 g/mol. The Labute approximate surface area is 124 Å². The molecule has 0 fully saturated rings. The third-order valence-electron chi connectivity index (χ3n) is 3.01. The van der Waals surface area contributed by atoms with Crippen molar-refractivity contribution in [3.8, 4) is 0 Å². The fraction of sp³-hybridized carbons (Fsp3) is 0.250. The van der Waals surface area contributed by atoms with E-state index in [9.17, 15) is 0 Å². The molecule has 1 nitrogen and oxygen atoms in total. The van der Waals surface area contributed by atoms with E-state index in [2.05, 4.69) is 36.5 Å². The number of hydrogen-bond acceptors (Lipinski definition) is 1. The molecule has 0 heterocycles. The first-order valence-electron chi connectivity index (χ1n) is 6.45. The number of hydrogen-bond donors (Lipinski definition) is 1. The van der Waals surface area contributed by atoms with Gasteiger partial charge in [0, 0.05) is 10.0 Å². The van der Waals surface area contributed by atoms with Gasteiger partial charge in [-0.15, -0.1) is 0 Å². The van der Waals surface area contributed by atoms with Crippen LogP contribution in [0.15, 0.2) is 48.5 Å². The first kappa shape index (κ1) is 14.4. The minimum absolute atomic E-state index is 0.175. The SMILES string of the molecule is CCCNC(c1ccc(Cl)cc1)c1ccc(Cl)cc1. The van der Waals surface area contributed by atoms with Crippen molar-refractivity contribution in [2.24, 2.45) is 0 Å². The van der Waals surface area contributed by atoms with Crippen molar-refractivity contribution in [1.82, 2.24) is 5.32 Å². The van der Waals surface area contributed by atoms with E-state index in [1.165, 1.54) is 11.1 Å². The summed E-state index contributed by atoms with van der Waals surface area (Å²) in [6.45, 7) is 3.13. The molecule has 1 N–H and O–H groups in total. The van der Waals surface area contributed by atoms with Crippen LogP contribution in [0.2, 0.25) is 10.0 Å². The quantitative estimate of drug-likeness (QED) is 0.810. The van der Waals surface area contributed by atoms with Gasteiger partial charge in [0.25, 0.3) is 0 Å². The maximum Gasteiger partial charge on any atom is 0.0576 e. The molecule has 0 aliphatic rings. The Balaban J connectivity index is 2.29. The van der Waals surface area contributed by atoms with E-state index in [0.717, 1.165) is 23.0 Å². The summed E-state index contributed by atoms with van der Waals surface area (Å²) in [5.74, 6) is 0. The van der Waals surface area contributed by atoms with Gasteiger partial charge in [0.05, 0.1) is 6.04 Å². The van der Waals surface area contributed by atoms with Crippen LogP contribution in [0.3, 0.4) is 0 Å². The highest BCUT2D eigenvalue weighted by Gasteiger charge is 2.12. The lowest BCUT2D eigenvalue weighted by atomic mass is 9.98. The number of halogens is 2. The Morgan fingerprint density at radius 1 is 0.842 bits per heavy atom. The predicted molar refractivity (Wildman–Crippen MR) is 83.0 cm³/mol. The predicted octanol–water partition coefficient (Wildman–Crippen LogP) is 5.08. The lowest BCUT2D eigenvalue weighted by molar-refractivity contribution is 0.598. The van der Waals surface area contributed by atoms with Gasteiger partial charge in [-0.05, 0) is 48.4 Å². The van der Waals surface area contributed by atoms with E-state index in [1.807, 2.05) is 24.3 Å². The Kier molecular flexibility index (Phi) is 5.26. The second kappa shape index (κ2) is 6.95. The first-order chi connectivity index (χ1) is 9.20. The molecule has 0 spiro atoms. The molecule has 2 aromatic carbocycles. The standard InChI is InChI=1S/C16H17Cl2N/c1-2-11-19-16(12-3-7-14(17)8-4-12)13-5-9-15(18)10-6-13/h3-10,16,19H,2,11H2,1H3. The fourth-order valence-electron chi connectivity index (χ4n) is 2.03. The molecule has 0 aliphatic carbocycles. The lowest BCUT2D eigenvalue weighted by Crippen LogP contribution is -2.23. The Morgan fingerprint density at radius 3 is 1.63 bits per heavy atom. The molecule has 0 saturated heterocycles. The zero-order valence-electron chi connectivity index (χ0n) is 10.9. The van der Waals surface area contributed by atoms with E-state index in [0.29, 0.717) is 0 Å². The fourth-order valence-corrected chi connectivity index (χ4v) is 2.28. The van der Waals surface area contributed by atoms with Gasteiger partial charge in [0.15, 0.2) is 0 Å². The number of benzene rings is 2. The Hall–Kier alpha value is -1.02. The largest absolute Gasteiger partial charge is 0.306 e. The van der Waals surface area contributed by atoms with Gasteiger partial charge in [-0.3, -0.25) is 0 Å². The topological polar surface area (TPSA) is 12.0 Å². The Morgan fingerprint density at radius 2 is 1.26 bits per heavy atom. The summed E-state index contributed by atoms with van der Waals surface area (Å²) in [5, 5.41) is 5.07. The first-order valence-corrected chi connectivity index (χ1v) is 7.20. The maximum atomic E-state index is 5.95. The summed E-state index contributed by atoms with van der Waals surface area (Å²) < 4.78 is 0. The van der Waals surface area contributed by atoms with E-state index >= 15 is 0 Å².